The molecule has 1 aromatic heterocycles. The van der Waals surface area contributed by atoms with E-state index in [4.69, 9.17) is 16.2 Å². The van der Waals surface area contributed by atoms with Gasteiger partial charge in [0.1, 0.15) is 11.4 Å². The second-order valence-electron chi connectivity index (χ2n) is 8.54. The molecule has 1 saturated carbocycles. The Morgan fingerprint density at radius 3 is 2.76 bits per heavy atom. The third kappa shape index (κ3) is 4.58. The fraction of sp³-hybridized carbons (Fsp3) is 0.320. The average molecular weight is 464 g/mol. The largest absolute Gasteiger partial charge is 0.390 e. The van der Waals surface area contributed by atoms with Gasteiger partial charge in [-0.2, -0.15) is 0 Å². The number of nitrogens with zero attached hydrogens (tertiary/aromatic N) is 2. The zero-order chi connectivity index (χ0) is 24.3. The van der Waals surface area contributed by atoms with Gasteiger partial charge in [-0.15, -0.1) is 0 Å². The lowest BCUT2D eigenvalue weighted by Crippen LogP contribution is -2.54. The molecule has 9 nitrogen and oxygen atoms in total. The number of benzene rings is 1. The molecule has 1 aromatic carbocycles. The van der Waals surface area contributed by atoms with Crippen LogP contribution in [0.4, 0.5) is 5.69 Å². The molecule has 1 aliphatic carbocycles. The number of ether oxygens (including phenoxy) is 1. The maximum atomic E-state index is 13.1. The summed E-state index contributed by atoms with van der Waals surface area (Å²) in [7, 11) is 0. The summed E-state index contributed by atoms with van der Waals surface area (Å²) in [6, 6.07) is 10.9. The minimum absolute atomic E-state index is 0.164. The molecule has 4 rings (SSSR count). The summed E-state index contributed by atoms with van der Waals surface area (Å²) in [4.78, 5) is 21.6. The number of hydrogen-bond acceptors (Lipinski definition) is 8. The smallest absolute Gasteiger partial charge is 0.278 e. The van der Waals surface area contributed by atoms with Crippen molar-refractivity contribution in [3.8, 4) is 0 Å². The van der Waals surface area contributed by atoms with Gasteiger partial charge in [-0.1, -0.05) is 36.9 Å². The summed E-state index contributed by atoms with van der Waals surface area (Å²) in [5.74, 6) is -0.878. The Kier molecular flexibility index (Phi) is 6.78. The lowest BCUT2D eigenvalue weighted by atomic mass is 9.84. The van der Waals surface area contributed by atoms with Gasteiger partial charge in [-0.05, 0) is 31.4 Å². The summed E-state index contributed by atoms with van der Waals surface area (Å²) in [6.07, 6.45) is 4.76. The minimum Gasteiger partial charge on any atom is -0.390 e. The number of nitrogens with two attached hydrogens (primary N) is 2. The Hall–Kier alpha value is -3.53. The van der Waals surface area contributed by atoms with Crippen LogP contribution in [0.25, 0.3) is 0 Å². The summed E-state index contributed by atoms with van der Waals surface area (Å²) in [6.45, 7) is 3.77. The van der Waals surface area contributed by atoms with E-state index in [9.17, 15) is 15.0 Å². The van der Waals surface area contributed by atoms with Gasteiger partial charge in [0.25, 0.3) is 5.91 Å². The van der Waals surface area contributed by atoms with Crippen molar-refractivity contribution in [2.45, 2.75) is 49.6 Å². The molecule has 178 valence electrons. The summed E-state index contributed by atoms with van der Waals surface area (Å²) in [5.41, 5.74) is 12.4. The van der Waals surface area contributed by atoms with Crippen molar-refractivity contribution in [2.24, 2.45) is 16.5 Å². The lowest BCUT2D eigenvalue weighted by molar-refractivity contribution is -0.215. The van der Waals surface area contributed by atoms with E-state index in [1.807, 2.05) is 30.3 Å². The van der Waals surface area contributed by atoms with E-state index in [1.165, 1.54) is 12.3 Å². The SMILES string of the molecule is C=C/C(=N\C(C(=O)Nc1cnccc1[C@@H]1C[C@H](O)[C@]2(O)CCCC2O1)=C(N)N)c1ccccc1. The fourth-order valence-corrected chi connectivity index (χ4v) is 4.59. The highest BCUT2D eigenvalue weighted by molar-refractivity contribution is 6.12. The molecule has 2 heterocycles. The number of carbonyl (C=O) groups excluding carboxylic acids is 1. The fourth-order valence-electron chi connectivity index (χ4n) is 4.59. The number of hydrogen-bond donors (Lipinski definition) is 5. The first kappa shape index (κ1) is 23.6. The monoisotopic (exact) mass is 463 g/mol. The van der Waals surface area contributed by atoms with Gasteiger partial charge in [0.15, 0.2) is 5.70 Å². The third-order valence-corrected chi connectivity index (χ3v) is 6.38. The van der Waals surface area contributed by atoms with Crippen molar-refractivity contribution in [1.82, 2.24) is 4.98 Å². The molecule has 34 heavy (non-hydrogen) atoms. The van der Waals surface area contributed by atoms with Crippen molar-refractivity contribution in [3.63, 3.8) is 0 Å². The molecule has 7 N–H and O–H groups in total. The van der Waals surface area contributed by atoms with Crippen molar-refractivity contribution >= 4 is 17.3 Å². The van der Waals surface area contributed by atoms with Gasteiger partial charge >= 0.3 is 0 Å². The molecule has 2 fully saturated rings. The van der Waals surface area contributed by atoms with E-state index in [2.05, 4.69) is 21.9 Å². The number of allylic oxidation sites excluding steroid dienone is 1. The number of aliphatic hydroxyl groups is 2. The zero-order valence-electron chi connectivity index (χ0n) is 18.7. The number of anilines is 1. The maximum Gasteiger partial charge on any atom is 0.278 e. The number of aromatic nitrogens is 1. The van der Waals surface area contributed by atoms with Gasteiger partial charge in [0.05, 0.1) is 35.9 Å². The van der Waals surface area contributed by atoms with Crippen LogP contribution in [0.1, 0.15) is 42.9 Å². The van der Waals surface area contributed by atoms with E-state index in [-0.39, 0.29) is 17.9 Å². The Balaban J connectivity index is 1.59. The van der Waals surface area contributed by atoms with Crippen molar-refractivity contribution in [3.05, 3.63) is 84.1 Å². The number of aliphatic imine (C=N–C) groups is 1. The zero-order valence-corrected chi connectivity index (χ0v) is 18.7. The molecule has 0 spiro atoms. The van der Waals surface area contributed by atoms with Gasteiger partial charge in [-0.3, -0.25) is 9.78 Å². The highest BCUT2D eigenvalue weighted by Gasteiger charge is 2.52. The molecular formula is C25H29N5O4. The Morgan fingerprint density at radius 1 is 1.29 bits per heavy atom. The molecule has 1 unspecified atom stereocenters. The van der Waals surface area contributed by atoms with E-state index in [0.29, 0.717) is 29.8 Å². The van der Waals surface area contributed by atoms with Gasteiger partial charge < -0.3 is 31.7 Å². The number of amides is 1. The molecule has 0 bridgehead atoms. The van der Waals surface area contributed by atoms with Crippen LogP contribution in [0.15, 0.2) is 78.0 Å². The van der Waals surface area contributed by atoms with E-state index < -0.39 is 29.8 Å². The summed E-state index contributed by atoms with van der Waals surface area (Å²) in [5, 5.41) is 24.2. The molecule has 1 amide bonds. The van der Waals surface area contributed by atoms with E-state index in [1.54, 1.807) is 12.3 Å². The molecule has 1 aliphatic heterocycles. The number of pyridine rings is 1. The maximum absolute atomic E-state index is 13.1. The van der Waals surface area contributed by atoms with Crippen LogP contribution in [0.5, 0.6) is 0 Å². The number of carbonyl (C=O) groups is 1. The van der Waals surface area contributed by atoms with Crippen LogP contribution in [-0.4, -0.2) is 44.6 Å². The lowest BCUT2D eigenvalue weighted by Gasteiger charge is -2.43. The molecule has 9 heteroatoms. The van der Waals surface area contributed by atoms with Crippen LogP contribution in [-0.2, 0) is 9.53 Å². The standard InChI is InChI=1S/C25H29N5O4/c1-2-17(15-7-4-3-5-8-15)29-22(23(26)27)24(32)30-18-14-28-12-10-16(18)19-13-20(31)25(33)11-6-9-21(25)34-19/h2-5,7-8,10,12,14,19-21,31,33H,1,6,9,11,13,26-27H2,(H,30,32)/b29-17+/t19-,20-,21?,25+/m0/s1. The second kappa shape index (κ2) is 9.76. The predicted octanol–water partition coefficient (Wildman–Crippen LogP) is 1.89. The molecule has 4 atom stereocenters. The van der Waals surface area contributed by atoms with Crippen molar-refractivity contribution < 1.29 is 19.7 Å². The van der Waals surface area contributed by atoms with Crippen LogP contribution in [0.3, 0.4) is 0 Å². The molecule has 2 aliphatic rings. The first-order valence-electron chi connectivity index (χ1n) is 11.2. The van der Waals surface area contributed by atoms with Crippen LogP contribution < -0.4 is 16.8 Å². The van der Waals surface area contributed by atoms with Gasteiger partial charge in [0.2, 0.25) is 0 Å². The summed E-state index contributed by atoms with van der Waals surface area (Å²) < 4.78 is 6.15. The van der Waals surface area contributed by atoms with Gasteiger partial charge in [-0.25, -0.2) is 4.99 Å². The quantitative estimate of drug-likeness (QED) is 0.323. The van der Waals surface area contributed by atoms with Crippen LogP contribution in [0, 0.1) is 0 Å². The van der Waals surface area contributed by atoms with Gasteiger partial charge in [0, 0.05) is 23.7 Å². The highest BCUT2D eigenvalue weighted by atomic mass is 16.5. The molecule has 2 aromatic rings. The van der Waals surface area contributed by atoms with E-state index >= 15 is 0 Å². The number of fused-ring (bicyclic) bond motifs is 1. The normalized spacial score (nSPS) is 26.4. The average Bonchev–Trinajstić information content (AvgIpc) is 3.22. The number of nitrogens with one attached hydrogen (secondary N) is 1. The highest BCUT2D eigenvalue weighted by Crippen LogP contribution is 2.46. The Labute approximate surface area is 197 Å². The third-order valence-electron chi connectivity index (χ3n) is 6.38. The molecular weight excluding hydrogens is 434 g/mol. The first-order chi connectivity index (χ1) is 16.3. The first-order valence-corrected chi connectivity index (χ1v) is 11.2. The Morgan fingerprint density at radius 2 is 2.06 bits per heavy atom. The molecule has 0 radical (unpaired) electrons. The topological polar surface area (TPSA) is 156 Å². The minimum atomic E-state index is -1.23. The predicted molar refractivity (Wildman–Crippen MR) is 128 cm³/mol. The molecule has 1 saturated heterocycles. The number of aliphatic hydroxyl groups excluding tert-OH is 1. The van der Waals surface area contributed by atoms with Crippen LogP contribution >= 0.6 is 0 Å². The summed E-state index contributed by atoms with van der Waals surface area (Å²) >= 11 is 0. The van der Waals surface area contributed by atoms with Crippen molar-refractivity contribution in [1.29, 1.82) is 0 Å². The van der Waals surface area contributed by atoms with Crippen LogP contribution in [0.2, 0.25) is 0 Å². The Bertz CT molecular complexity index is 1130. The second-order valence-corrected chi connectivity index (χ2v) is 8.54. The van der Waals surface area contributed by atoms with E-state index in [0.717, 1.165) is 12.0 Å². The van der Waals surface area contributed by atoms with Crippen molar-refractivity contribution in [2.75, 3.05) is 5.32 Å². The number of rotatable bonds is 6.